The molecule has 1 aliphatic rings. The van der Waals surface area contributed by atoms with Crippen LogP contribution in [0.15, 0.2) is 18.2 Å². The van der Waals surface area contributed by atoms with Crippen LogP contribution in [0.1, 0.15) is 11.1 Å². The summed E-state index contributed by atoms with van der Waals surface area (Å²) in [6.07, 6.45) is 2.15. The smallest absolute Gasteiger partial charge is 0.119 e. The van der Waals surface area contributed by atoms with E-state index >= 15 is 0 Å². The van der Waals surface area contributed by atoms with E-state index < -0.39 is 0 Å². The zero-order valence-corrected chi connectivity index (χ0v) is 8.21. The molecular weight excluding hydrogens is 251 g/mol. The summed E-state index contributed by atoms with van der Waals surface area (Å²) in [7, 11) is 0. The van der Waals surface area contributed by atoms with Crippen molar-refractivity contribution in [3.05, 3.63) is 29.3 Å². The maximum absolute atomic E-state index is 9.45. The molecule has 0 heterocycles. The molecule has 2 rings (SSSR count). The Morgan fingerprint density at radius 3 is 2.91 bits per heavy atom. The number of hydrogen-bond acceptors (Lipinski definition) is 1. The number of phenols is 1. The van der Waals surface area contributed by atoms with E-state index in [1.807, 2.05) is 6.07 Å². The topological polar surface area (TPSA) is 20.2 Å². The van der Waals surface area contributed by atoms with Crippen molar-refractivity contribution in [2.75, 3.05) is 0 Å². The minimum absolute atomic E-state index is 0.474. The van der Waals surface area contributed by atoms with Crippen molar-refractivity contribution >= 4 is 22.6 Å². The number of rotatable bonds is 0. The van der Waals surface area contributed by atoms with Crippen molar-refractivity contribution in [2.45, 2.75) is 16.8 Å². The lowest BCUT2D eigenvalue weighted by Gasteiger charge is -1.99. The third kappa shape index (κ3) is 1.24. The van der Waals surface area contributed by atoms with Crippen LogP contribution in [0.5, 0.6) is 5.75 Å². The first-order chi connectivity index (χ1) is 5.27. The van der Waals surface area contributed by atoms with Crippen molar-refractivity contribution in [2.24, 2.45) is 0 Å². The summed E-state index contributed by atoms with van der Waals surface area (Å²) in [6.45, 7) is 0. The van der Waals surface area contributed by atoms with Gasteiger partial charge in [-0.05, 0) is 30.0 Å². The Kier molecular flexibility index (Phi) is 1.79. The van der Waals surface area contributed by atoms with Gasteiger partial charge in [-0.2, -0.15) is 0 Å². The Morgan fingerprint density at radius 2 is 2.18 bits per heavy atom. The maximum atomic E-state index is 9.45. The van der Waals surface area contributed by atoms with E-state index in [-0.39, 0.29) is 0 Å². The Hall–Kier alpha value is -0.250. The standard InChI is InChI=1S/C9H9IO/c10-7-4-6-2-1-3-9(11)8(6)5-7/h1-3,7,11H,4-5H2. The van der Waals surface area contributed by atoms with Crippen LogP contribution in [0.25, 0.3) is 0 Å². The highest BCUT2D eigenvalue weighted by Gasteiger charge is 2.20. The third-order valence-electron chi connectivity index (χ3n) is 2.12. The molecule has 0 fully saturated rings. The molecule has 0 saturated heterocycles. The molecule has 1 aliphatic carbocycles. The molecular formula is C9H9IO. The van der Waals surface area contributed by atoms with E-state index in [0.29, 0.717) is 9.67 Å². The third-order valence-corrected chi connectivity index (χ3v) is 3.00. The Balaban J connectivity index is 2.49. The molecule has 1 nitrogen and oxygen atoms in total. The van der Waals surface area contributed by atoms with Crippen LogP contribution in [0.2, 0.25) is 0 Å². The van der Waals surface area contributed by atoms with Crippen LogP contribution in [-0.4, -0.2) is 9.03 Å². The van der Waals surface area contributed by atoms with E-state index in [2.05, 4.69) is 28.7 Å². The van der Waals surface area contributed by atoms with E-state index in [1.54, 1.807) is 6.07 Å². The van der Waals surface area contributed by atoms with Gasteiger partial charge in [-0.25, -0.2) is 0 Å². The van der Waals surface area contributed by atoms with E-state index in [9.17, 15) is 5.11 Å². The largest absolute Gasteiger partial charge is 0.508 e. The highest BCUT2D eigenvalue weighted by molar-refractivity contribution is 14.1. The molecule has 2 heteroatoms. The summed E-state index contributed by atoms with van der Waals surface area (Å²) in [5.41, 5.74) is 2.48. The number of hydrogen-bond donors (Lipinski definition) is 1. The Morgan fingerprint density at radius 1 is 1.36 bits per heavy atom. The second-order valence-corrected chi connectivity index (χ2v) is 4.68. The minimum atomic E-state index is 0.474. The normalized spacial score (nSPS) is 21.7. The molecule has 0 amide bonds. The van der Waals surface area contributed by atoms with Gasteiger partial charge in [0.2, 0.25) is 0 Å². The molecule has 1 N–H and O–H groups in total. The van der Waals surface area contributed by atoms with Crippen LogP contribution in [0.4, 0.5) is 0 Å². The van der Waals surface area contributed by atoms with E-state index in [4.69, 9.17) is 0 Å². The number of fused-ring (bicyclic) bond motifs is 1. The van der Waals surface area contributed by atoms with Crippen molar-refractivity contribution in [3.63, 3.8) is 0 Å². The van der Waals surface area contributed by atoms with E-state index in [1.165, 1.54) is 5.56 Å². The second-order valence-electron chi connectivity index (χ2n) is 2.92. The summed E-state index contributed by atoms with van der Waals surface area (Å²) in [5.74, 6) is 0.474. The summed E-state index contributed by atoms with van der Waals surface area (Å²) < 4.78 is 0.677. The number of aromatic hydroxyl groups is 1. The highest BCUT2D eigenvalue weighted by atomic mass is 127. The molecule has 0 aromatic heterocycles. The van der Waals surface area contributed by atoms with Gasteiger partial charge in [-0.3, -0.25) is 0 Å². The number of alkyl halides is 1. The first-order valence-corrected chi connectivity index (χ1v) is 4.96. The molecule has 0 saturated carbocycles. The van der Waals surface area contributed by atoms with Gasteiger partial charge in [-0.1, -0.05) is 34.7 Å². The Bertz CT molecular complexity index is 283. The van der Waals surface area contributed by atoms with Gasteiger partial charge in [0.15, 0.2) is 0 Å². The fourth-order valence-corrected chi connectivity index (χ4v) is 2.50. The lowest BCUT2D eigenvalue weighted by molar-refractivity contribution is 0.469. The maximum Gasteiger partial charge on any atom is 0.119 e. The van der Waals surface area contributed by atoms with Crippen LogP contribution in [0, 0.1) is 0 Å². The van der Waals surface area contributed by atoms with Crippen LogP contribution in [-0.2, 0) is 12.8 Å². The predicted octanol–water partition coefficient (Wildman–Crippen LogP) is 2.29. The predicted molar refractivity (Wildman–Crippen MR) is 53.3 cm³/mol. The molecule has 1 aromatic rings. The average Bonchev–Trinajstić information content (AvgIpc) is 2.31. The van der Waals surface area contributed by atoms with Crippen LogP contribution in [0.3, 0.4) is 0 Å². The highest BCUT2D eigenvalue weighted by Crippen LogP contribution is 2.32. The summed E-state index contributed by atoms with van der Waals surface area (Å²) >= 11 is 2.43. The van der Waals surface area contributed by atoms with Crippen LogP contribution < -0.4 is 0 Å². The van der Waals surface area contributed by atoms with Crippen molar-refractivity contribution < 1.29 is 5.11 Å². The molecule has 1 unspecified atom stereocenters. The quantitative estimate of drug-likeness (QED) is 0.560. The van der Waals surface area contributed by atoms with E-state index in [0.717, 1.165) is 18.4 Å². The van der Waals surface area contributed by atoms with Crippen LogP contribution >= 0.6 is 22.6 Å². The molecule has 11 heavy (non-hydrogen) atoms. The molecule has 1 aromatic carbocycles. The summed E-state index contributed by atoms with van der Waals surface area (Å²) in [4.78, 5) is 0. The molecule has 0 aliphatic heterocycles. The van der Waals surface area contributed by atoms with Gasteiger partial charge in [-0.15, -0.1) is 0 Å². The average molecular weight is 260 g/mol. The first-order valence-electron chi connectivity index (χ1n) is 3.71. The molecule has 58 valence electrons. The minimum Gasteiger partial charge on any atom is -0.508 e. The molecule has 0 bridgehead atoms. The zero-order valence-electron chi connectivity index (χ0n) is 6.05. The first kappa shape index (κ1) is 7.40. The molecule has 0 spiro atoms. The van der Waals surface area contributed by atoms with Gasteiger partial charge in [0.05, 0.1) is 0 Å². The van der Waals surface area contributed by atoms with Crippen molar-refractivity contribution in [1.82, 2.24) is 0 Å². The summed E-state index contributed by atoms with van der Waals surface area (Å²) in [5, 5.41) is 9.45. The fourth-order valence-electron chi connectivity index (χ4n) is 1.58. The summed E-state index contributed by atoms with van der Waals surface area (Å²) in [6, 6.07) is 5.80. The zero-order chi connectivity index (χ0) is 7.84. The SMILES string of the molecule is Oc1cccc2c1CC(I)C2. The lowest BCUT2D eigenvalue weighted by Crippen LogP contribution is -1.92. The fraction of sp³-hybridized carbons (Fsp3) is 0.333. The van der Waals surface area contributed by atoms with Gasteiger partial charge in [0.1, 0.15) is 5.75 Å². The number of phenolic OH excluding ortho intramolecular Hbond substituents is 1. The lowest BCUT2D eigenvalue weighted by atomic mass is 10.1. The van der Waals surface area contributed by atoms with Crippen molar-refractivity contribution in [1.29, 1.82) is 0 Å². The number of benzene rings is 1. The van der Waals surface area contributed by atoms with Gasteiger partial charge < -0.3 is 5.11 Å². The monoisotopic (exact) mass is 260 g/mol. The van der Waals surface area contributed by atoms with Gasteiger partial charge in [0, 0.05) is 3.92 Å². The molecule has 0 radical (unpaired) electrons. The number of halogens is 1. The van der Waals surface area contributed by atoms with Gasteiger partial charge >= 0.3 is 0 Å². The molecule has 1 atom stereocenters. The van der Waals surface area contributed by atoms with Crippen molar-refractivity contribution in [3.8, 4) is 5.75 Å². The Labute approximate surface area is 79.6 Å². The van der Waals surface area contributed by atoms with Gasteiger partial charge in [0.25, 0.3) is 0 Å². The second kappa shape index (κ2) is 2.66.